The molecule has 0 spiro atoms. The third-order valence-electron chi connectivity index (χ3n) is 2.72. The number of hydrogen-bond acceptors (Lipinski definition) is 2. The molecule has 1 atom stereocenters. The number of ketones is 1. The average molecular weight is 259 g/mol. The Balaban J connectivity index is 2.38. The van der Waals surface area contributed by atoms with Crippen LogP contribution in [-0.4, -0.2) is 12.1 Å². The number of Topliss-reactive ketones (excluding diaryl/α,β-unsaturated/α-hetero) is 1. The van der Waals surface area contributed by atoms with Gasteiger partial charge >= 0.3 is 0 Å². The standard InChI is InChI=1S/C15H11ClO2/c16-14-9-5-4-8-12(14)15(18)13(10-17)11-6-2-1-3-7-11/h1-10,13H. The van der Waals surface area contributed by atoms with Crippen LogP contribution in [0.3, 0.4) is 0 Å². The SMILES string of the molecule is O=CC(C(=O)c1ccccc1Cl)c1ccccc1. The van der Waals surface area contributed by atoms with Crippen LogP contribution in [-0.2, 0) is 4.79 Å². The lowest BCUT2D eigenvalue weighted by Gasteiger charge is -2.10. The van der Waals surface area contributed by atoms with Gasteiger partial charge in [0.15, 0.2) is 5.78 Å². The van der Waals surface area contributed by atoms with E-state index in [1.54, 1.807) is 48.5 Å². The molecule has 0 heterocycles. The topological polar surface area (TPSA) is 34.1 Å². The monoisotopic (exact) mass is 258 g/mol. The summed E-state index contributed by atoms with van der Waals surface area (Å²) in [5, 5.41) is 0.366. The van der Waals surface area contributed by atoms with Crippen LogP contribution in [0, 0.1) is 0 Å². The molecular formula is C15H11ClO2. The van der Waals surface area contributed by atoms with E-state index in [-0.39, 0.29) is 5.78 Å². The number of carbonyl (C=O) groups is 2. The van der Waals surface area contributed by atoms with E-state index in [1.807, 2.05) is 6.07 Å². The van der Waals surface area contributed by atoms with Gasteiger partial charge in [-0.15, -0.1) is 0 Å². The molecule has 0 aliphatic carbocycles. The van der Waals surface area contributed by atoms with E-state index in [0.29, 0.717) is 22.4 Å². The van der Waals surface area contributed by atoms with Crippen LogP contribution in [0.4, 0.5) is 0 Å². The van der Waals surface area contributed by atoms with Gasteiger partial charge in [0.2, 0.25) is 0 Å². The van der Waals surface area contributed by atoms with Gasteiger partial charge in [0.25, 0.3) is 0 Å². The third-order valence-corrected chi connectivity index (χ3v) is 3.05. The molecule has 1 unspecified atom stereocenters. The first-order chi connectivity index (χ1) is 8.74. The van der Waals surface area contributed by atoms with E-state index >= 15 is 0 Å². The molecule has 0 radical (unpaired) electrons. The van der Waals surface area contributed by atoms with E-state index < -0.39 is 5.92 Å². The zero-order valence-corrected chi connectivity index (χ0v) is 10.3. The van der Waals surface area contributed by atoms with Crippen molar-refractivity contribution in [3.8, 4) is 0 Å². The van der Waals surface area contributed by atoms with Gasteiger partial charge in [0.05, 0.1) is 5.02 Å². The quantitative estimate of drug-likeness (QED) is 0.478. The molecule has 3 heteroatoms. The average Bonchev–Trinajstić information content (AvgIpc) is 2.41. The molecular weight excluding hydrogens is 248 g/mol. The second-order valence-electron chi connectivity index (χ2n) is 3.87. The first-order valence-electron chi connectivity index (χ1n) is 5.53. The van der Waals surface area contributed by atoms with Crippen molar-refractivity contribution < 1.29 is 9.59 Å². The van der Waals surface area contributed by atoms with Gasteiger partial charge in [-0.05, 0) is 17.7 Å². The number of carbonyl (C=O) groups excluding carboxylic acids is 2. The highest BCUT2D eigenvalue weighted by Crippen LogP contribution is 2.23. The van der Waals surface area contributed by atoms with Crippen molar-refractivity contribution in [1.29, 1.82) is 0 Å². The Morgan fingerprint density at radius 2 is 1.61 bits per heavy atom. The lowest BCUT2D eigenvalue weighted by atomic mass is 9.92. The van der Waals surface area contributed by atoms with E-state index in [1.165, 1.54) is 0 Å². The number of aldehydes is 1. The second kappa shape index (κ2) is 5.61. The summed E-state index contributed by atoms with van der Waals surface area (Å²) in [7, 11) is 0. The minimum atomic E-state index is -0.800. The highest BCUT2D eigenvalue weighted by Gasteiger charge is 2.22. The summed E-state index contributed by atoms with van der Waals surface area (Å²) in [6.07, 6.45) is 0.654. The molecule has 0 N–H and O–H groups in total. The van der Waals surface area contributed by atoms with Crippen LogP contribution >= 0.6 is 11.6 Å². The van der Waals surface area contributed by atoms with Gasteiger partial charge in [-0.25, -0.2) is 0 Å². The summed E-state index contributed by atoms with van der Waals surface area (Å²) in [6.45, 7) is 0. The zero-order chi connectivity index (χ0) is 13.0. The number of halogens is 1. The zero-order valence-electron chi connectivity index (χ0n) is 9.55. The van der Waals surface area contributed by atoms with Crippen molar-refractivity contribution >= 4 is 23.7 Å². The Labute approximate surface area is 110 Å². The molecule has 0 aliphatic rings. The van der Waals surface area contributed by atoms with E-state index in [4.69, 9.17) is 11.6 Å². The fourth-order valence-electron chi connectivity index (χ4n) is 1.78. The maximum absolute atomic E-state index is 12.3. The minimum Gasteiger partial charge on any atom is -0.302 e. The lowest BCUT2D eigenvalue weighted by molar-refractivity contribution is -0.108. The highest BCUT2D eigenvalue weighted by atomic mass is 35.5. The van der Waals surface area contributed by atoms with Crippen LogP contribution in [0.2, 0.25) is 5.02 Å². The summed E-state index contributed by atoms with van der Waals surface area (Å²) in [4.78, 5) is 23.4. The molecule has 0 fully saturated rings. The van der Waals surface area contributed by atoms with Crippen LogP contribution in [0.5, 0.6) is 0 Å². The fraction of sp³-hybridized carbons (Fsp3) is 0.0667. The summed E-state index contributed by atoms with van der Waals surface area (Å²) >= 11 is 5.97. The Bertz CT molecular complexity index is 564. The maximum atomic E-state index is 12.3. The first-order valence-corrected chi connectivity index (χ1v) is 5.91. The van der Waals surface area contributed by atoms with Crippen molar-refractivity contribution in [3.63, 3.8) is 0 Å². The Hall–Kier alpha value is -1.93. The molecule has 0 saturated heterocycles. The van der Waals surface area contributed by atoms with E-state index in [2.05, 4.69) is 0 Å². The predicted octanol–water partition coefficient (Wildman–Crippen LogP) is 3.51. The number of benzene rings is 2. The molecule has 18 heavy (non-hydrogen) atoms. The van der Waals surface area contributed by atoms with Gasteiger partial charge in [-0.1, -0.05) is 54.1 Å². The Morgan fingerprint density at radius 3 is 2.22 bits per heavy atom. The summed E-state index contributed by atoms with van der Waals surface area (Å²) in [5.74, 6) is -1.08. The van der Waals surface area contributed by atoms with Gasteiger partial charge in [0, 0.05) is 5.56 Å². The second-order valence-corrected chi connectivity index (χ2v) is 4.28. The van der Waals surface area contributed by atoms with Crippen molar-refractivity contribution in [2.45, 2.75) is 5.92 Å². The normalized spacial score (nSPS) is 11.8. The Kier molecular flexibility index (Phi) is 3.90. The van der Waals surface area contributed by atoms with Gasteiger partial charge in [0.1, 0.15) is 12.2 Å². The molecule has 0 aromatic heterocycles. The molecule has 2 aromatic carbocycles. The molecule has 2 nitrogen and oxygen atoms in total. The molecule has 0 amide bonds. The predicted molar refractivity (Wildman–Crippen MR) is 71.0 cm³/mol. The van der Waals surface area contributed by atoms with Gasteiger partial charge in [-0.3, -0.25) is 4.79 Å². The first kappa shape index (κ1) is 12.5. The van der Waals surface area contributed by atoms with Crippen LogP contribution in [0.25, 0.3) is 0 Å². The third kappa shape index (κ3) is 2.49. The number of rotatable bonds is 4. The molecule has 0 bridgehead atoms. The molecule has 90 valence electrons. The smallest absolute Gasteiger partial charge is 0.178 e. The number of hydrogen-bond donors (Lipinski definition) is 0. The van der Waals surface area contributed by atoms with Crippen molar-refractivity contribution in [3.05, 3.63) is 70.7 Å². The molecule has 2 aromatic rings. The maximum Gasteiger partial charge on any atom is 0.178 e. The van der Waals surface area contributed by atoms with E-state index in [0.717, 1.165) is 0 Å². The fourth-order valence-corrected chi connectivity index (χ4v) is 2.01. The van der Waals surface area contributed by atoms with Gasteiger partial charge < -0.3 is 4.79 Å². The molecule has 2 rings (SSSR count). The minimum absolute atomic E-state index is 0.276. The van der Waals surface area contributed by atoms with Crippen LogP contribution in [0.15, 0.2) is 54.6 Å². The summed E-state index contributed by atoms with van der Waals surface area (Å²) in [6, 6.07) is 15.7. The summed E-state index contributed by atoms with van der Waals surface area (Å²) < 4.78 is 0. The van der Waals surface area contributed by atoms with Crippen molar-refractivity contribution in [2.75, 3.05) is 0 Å². The van der Waals surface area contributed by atoms with Crippen molar-refractivity contribution in [2.24, 2.45) is 0 Å². The molecule has 0 saturated carbocycles. The Morgan fingerprint density at radius 1 is 1.00 bits per heavy atom. The lowest BCUT2D eigenvalue weighted by Crippen LogP contribution is -2.14. The largest absolute Gasteiger partial charge is 0.302 e. The molecule has 0 aliphatic heterocycles. The summed E-state index contributed by atoms with van der Waals surface area (Å²) in [5.41, 5.74) is 1.05. The van der Waals surface area contributed by atoms with E-state index in [9.17, 15) is 9.59 Å². The van der Waals surface area contributed by atoms with Crippen molar-refractivity contribution in [1.82, 2.24) is 0 Å². The van der Waals surface area contributed by atoms with Crippen LogP contribution < -0.4 is 0 Å². The highest BCUT2D eigenvalue weighted by molar-refractivity contribution is 6.34. The van der Waals surface area contributed by atoms with Gasteiger partial charge in [-0.2, -0.15) is 0 Å². The van der Waals surface area contributed by atoms with Crippen LogP contribution in [0.1, 0.15) is 21.8 Å².